The lowest BCUT2D eigenvalue weighted by atomic mass is 9.86. The topological polar surface area (TPSA) is 24.5 Å². The summed E-state index contributed by atoms with van der Waals surface area (Å²) in [5.74, 6) is 0. The van der Waals surface area contributed by atoms with E-state index in [1.807, 2.05) is 7.11 Å². The van der Waals surface area contributed by atoms with Gasteiger partial charge in [0.05, 0.1) is 6.10 Å². The van der Waals surface area contributed by atoms with Crippen LogP contribution in [0.25, 0.3) is 0 Å². The lowest BCUT2D eigenvalue weighted by Crippen LogP contribution is -2.48. The van der Waals surface area contributed by atoms with Crippen molar-refractivity contribution in [2.24, 2.45) is 5.41 Å². The average molecular weight is 228 g/mol. The van der Waals surface area contributed by atoms with Crippen molar-refractivity contribution in [1.82, 2.24) is 10.2 Å². The van der Waals surface area contributed by atoms with E-state index in [9.17, 15) is 0 Å². The summed E-state index contributed by atoms with van der Waals surface area (Å²) in [6.07, 6.45) is 1.63. The van der Waals surface area contributed by atoms with E-state index in [0.717, 1.165) is 19.6 Å². The molecule has 0 aromatic rings. The van der Waals surface area contributed by atoms with Crippen molar-refractivity contribution in [1.29, 1.82) is 0 Å². The Hall–Kier alpha value is -0.120. The number of ether oxygens (including phenoxy) is 1. The Bertz CT molecular complexity index is 201. The molecule has 0 aromatic heterocycles. The summed E-state index contributed by atoms with van der Waals surface area (Å²) in [6, 6.07) is 0.563. The van der Waals surface area contributed by atoms with Crippen LogP contribution in [-0.4, -0.2) is 50.3 Å². The highest BCUT2D eigenvalue weighted by atomic mass is 16.5. The minimum Gasteiger partial charge on any atom is -0.380 e. The number of hydrogen-bond acceptors (Lipinski definition) is 3. The van der Waals surface area contributed by atoms with Gasteiger partial charge in [-0.3, -0.25) is 4.90 Å². The normalized spacial score (nSPS) is 24.9. The Morgan fingerprint density at radius 1 is 1.44 bits per heavy atom. The quantitative estimate of drug-likeness (QED) is 0.775. The third-order valence-corrected chi connectivity index (χ3v) is 3.50. The van der Waals surface area contributed by atoms with Crippen LogP contribution in [0.4, 0.5) is 0 Å². The molecule has 0 radical (unpaired) electrons. The van der Waals surface area contributed by atoms with Crippen LogP contribution in [0.2, 0.25) is 0 Å². The van der Waals surface area contributed by atoms with Gasteiger partial charge in [-0.05, 0) is 18.4 Å². The standard InChI is InChI=1S/C13H28N2O/c1-6-14-12(13(2,3)4)10-15-8-7-11(9-15)16-5/h11-12,14H,6-10H2,1-5H3. The van der Waals surface area contributed by atoms with Gasteiger partial charge in [0.25, 0.3) is 0 Å². The number of hydrogen-bond donors (Lipinski definition) is 1. The fraction of sp³-hybridized carbons (Fsp3) is 1.00. The number of likely N-dealkylation sites (tertiary alicyclic amines) is 1. The van der Waals surface area contributed by atoms with Crippen molar-refractivity contribution in [3.05, 3.63) is 0 Å². The molecule has 1 aliphatic heterocycles. The minimum absolute atomic E-state index is 0.321. The molecule has 0 spiro atoms. The molecule has 0 aromatic carbocycles. The molecule has 2 unspecified atom stereocenters. The van der Waals surface area contributed by atoms with Crippen molar-refractivity contribution in [2.45, 2.75) is 46.3 Å². The first kappa shape index (κ1) is 13.9. The average Bonchev–Trinajstić information content (AvgIpc) is 2.63. The van der Waals surface area contributed by atoms with Gasteiger partial charge >= 0.3 is 0 Å². The Morgan fingerprint density at radius 3 is 2.56 bits per heavy atom. The number of rotatable bonds is 5. The maximum Gasteiger partial charge on any atom is 0.0710 e. The smallest absolute Gasteiger partial charge is 0.0710 e. The van der Waals surface area contributed by atoms with Gasteiger partial charge in [-0.15, -0.1) is 0 Å². The number of likely N-dealkylation sites (N-methyl/N-ethyl adjacent to an activating group) is 1. The SMILES string of the molecule is CCNC(CN1CCC(OC)C1)C(C)(C)C. The summed E-state index contributed by atoms with van der Waals surface area (Å²) in [6.45, 7) is 13.6. The van der Waals surface area contributed by atoms with E-state index >= 15 is 0 Å². The Morgan fingerprint density at radius 2 is 2.12 bits per heavy atom. The van der Waals surface area contributed by atoms with Crippen molar-refractivity contribution in [3.8, 4) is 0 Å². The second-order valence-electron chi connectivity index (χ2n) is 5.88. The molecule has 3 nitrogen and oxygen atoms in total. The molecule has 0 amide bonds. The van der Waals surface area contributed by atoms with E-state index < -0.39 is 0 Å². The van der Waals surface area contributed by atoms with E-state index in [2.05, 4.69) is 37.9 Å². The van der Waals surface area contributed by atoms with Crippen LogP contribution >= 0.6 is 0 Å². The zero-order valence-electron chi connectivity index (χ0n) is 11.5. The van der Waals surface area contributed by atoms with E-state index in [1.165, 1.54) is 13.0 Å². The fourth-order valence-electron chi connectivity index (χ4n) is 2.30. The van der Waals surface area contributed by atoms with Crippen molar-refractivity contribution in [2.75, 3.05) is 33.3 Å². The second-order valence-corrected chi connectivity index (χ2v) is 5.88. The Kier molecular flexibility index (Phi) is 5.22. The summed E-state index contributed by atoms with van der Waals surface area (Å²) in [4.78, 5) is 2.52. The summed E-state index contributed by atoms with van der Waals surface area (Å²) in [7, 11) is 1.82. The van der Waals surface area contributed by atoms with Crippen molar-refractivity contribution in [3.63, 3.8) is 0 Å². The summed E-state index contributed by atoms with van der Waals surface area (Å²) < 4.78 is 5.41. The van der Waals surface area contributed by atoms with E-state index in [1.54, 1.807) is 0 Å². The Labute approximate surface area is 101 Å². The molecule has 0 aliphatic carbocycles. The third kappa shape index (κ3) is 4.04. The van der Waals surface area contributed by atoms with Gasteiger partial charge in [0, 0.05) is 32.8 Å². The maximum absolute atomic E-state index is 5.41. The zero-order chi connectivity index (χ0) is 12.2. The van der Waals surface area contributed by atoms with Crippen LogP contribution in [-0.2, 0) is 4.74 Å². The predicted molar refractivity (Wildman–Crippen MR) is 68.8 cm³/mol. The highest BCUT2D eigenvalue weighted by Gasteiger charge is 2.29. The molecule has 1 heterocycles. The van der Waals surface area contributed by atoms with E-state index in [0.29, 0.717) is 17.6 Å². The van der Waals surface area contributed by atoms with Gasteiger partial charge in [0.15, 0.2) is 0 Å². The zero-order valence-corrected chi connectivity index (χ0v) is 11.5. The molecule has 1 saturated heterocycles. The van der Waals surface area contributed by atoms with Crippen LogP contribution in [0.3, 0.4) is 0 Å². The van der Waals surface area contributed by atoms with Crippen LogP contribution in [0.1, 0.15) is 34.1 Å². The lowest BCUT2D eigenvalue weighted by molar-refractivity contribution is 0.102. The van der Waals surface area contributed by atoms with Crippen LogP contribution in [0.15, 0.2) is 0 Å². The van der Waals surface area contributed by atoms with Gasteiger partial charge in [0.1, 0.15) is 0 Å². The van der Waals surface area contributed by atoms with Crippen molar-refractivity contribution >= 4 is 0 Å². The monoisotopic (exact) mass is 228 g/mol. The molecule has 96 valence electrons. The highest BCUT2D eigenvalue weighted by Crippen LogP contribution is 2.22. The lowest BCUT2D eigenvalue weighted by Gasteiger charge is -2.34. The van der Waals surface area contributed by atoms with Gasteiger partial charge < -0.3 is 10.1 Å². The second kappa shape index (κ2) is 5.99. The predicted octanol–water partition coefficient (Wildman–Crippen LogP) is 1.73. The van der Waals surface area contributed by atoms with Crippen LogP contribution in [0, 0.1) is 5.41 Å². The third-order valence-electron chi connectivity index (χ3n) is 3.50. The first-order valence-electron chi connectivity index (χ1n) is 6.46. The molecule has 0 bridgehead atoms. The fourth-order valence-corrected chi connectivity index (χ4v) is 2.30. The number of nitrogens with one attached hydrogen (secondary N) is 1. The largest absolute Gasteiger partial charge is 0.380 e. The molecule has 1 aliphatic rings. The molecule has 3 heteroatoms. The molecule has 16 heavy (non-hydrogen) atoms. The molecule has 1 fully saturated rings. The summed E-state index contributed by atoms with van der Waals surface area (Å²) in [5, 5.41) is 3.60. The first-order chi connectivity index (χ1) is 7.47. The number of methoxy groups -OCH3 is 1. The summed E-state index contributed by atoms with van der Waals surface area (Å²) >= 11 is 0. The molecular formula is C13H28N2O. The first-order valence-corrected chi connectivity index (χ1v) is 6.46. The Balaban J connectivity index is 2.43. The van der Waals surface area contributed by atoms with Gasteiger partial charge in [-0.2, -0.15) is 0 Å². The van der Waals surface area contributed by atoms with E-state index in [4.69, 9.17) is 4.74 Å². The van der Waals surface area contributed by atoms with Crippen LogP contribution < -0.4 is 5.32 Å². The molecule has 0 saturated carbocycles. The maximum atomic E-state index is 5.41. The highest BCUT2D eigenvalue weighted by molar-refractivity contribution is 4.86. The number of nitrogens with zero attached hydrogens (tertiary/aromatic N) is 1. The van der Waals surface area contributed by atoms with E-state index in [-0.39, 0.29) is 0 Å². The van der Waals surface area contributed by atoms with Gasteiger partial charge in [-0.1, -0.05) is 27.7 Å². The van der Waals surface area contributed by atoms with Crippen molar-refractivity contribution < 1.29 is 4.74 Å². The molecular weight excluding hydrogens is 200 g/mol. The molecule has 2 atom stereocenters. The van der Waals surface area contributed by atoms with Gasteiger partial charge in [-0.25, -0.2) is 0 Å². The van der Waals surface area contributed by atoms with Crippen LogP contribution in [0.5, 0.6) is 0 Å². The van der Waals surface area contributed by atoms with Gasteiger partial charge in [0.2, 0.25) is 0 Å². The summed E-state index contributed by atoms with van der Waals surface area (Å²) in [5.41, 5.74) is 0.321. The molecule has 1 rings (SSSR count). The molecule has 1 N–H and O–H groups in total. The minimum atomic E-state index is 0.321.